The predicted molar refractivity (Wildman–Crippen MR) is 110 cm³/mol. The molecule has 0 aliphatic rings. The van der Waals surface area contributed by atoms with Gasteiger partial charge in [0.05, 0.1) is 25.4 Å². The molecule has 0 aliphatic carbocycles. The zero-order valence-corrected chi connectivity index (χ0v) is 17.9. The number of aromatic nitrogens is 1. The normalized spacial score (nSPS) is 10.4. The number of ketones is 1. The van der Waals surface area contributed by atoms with E-state index in [9.17, 15) is 14.4 Å². The summed E-state index contributed by atoms with van der Waals surface area (Å²) in [4.78, 5) is 39.9. The molecule has 8 heteroatoms. The first-order valence-electron chi connectivity index (χ1n) is 9.80. The molecule has 0 amide bonds. The third kappa shape index (κ3) is 5.20. The van der Waals surface area contributed by atoms with Crippen molar-refractivity contribution in [1.82, 2.24) is 4.98 Å². The van der Waals surface area contributed by atoms with Crippen molar-refractivity contribution in [3.8, 4) is 11.5 Å². The Morgan fingerprint density at radius 3 is 2.17 bits per heavy atom. The third-order valence-electron chi connectivity index (χ3n) is 4.31. The molecule has 1 aromatic heterocycles. The Balaban J connectivity index is 2.12. The SMILES string of the molecule is CCOC(=O)c1[nH]c(C)c(C(=O)COC(=O)c2ccc(OCC)c(OCC)c2)c1C. The molecule has 8 nitrogen and oxygen atoms in total. The quantitative estimate of drug-likeness (QED) is 0.465. The highest BCUT2D eigenvalue weighted by Crippen LogP contribution is 2.29. The number of carbonyl (C=O) groups excluding carboxylic acids is 3. The van der Waals surface area contributed by atoms with Gasteiger partial charge < -0.3 is 23.9 Å². The molecule has 1 heterocycles. The first kappa shape index (κ1) is 23.0. The molecular weight excluding hydrogens is 390 g/mol. The van der Waals surface area contributed by atoms with Gasteiger partial charge in [0.25, 0.3) is 0 Å². The van der Waals surface area contributed by atoms with Crippen molar-refractivity contribution >= 4 is 17.7 Å². The summed E-state index contributed by atoms with van der Waals surface area (Å²) in [5.41, 5.74) is 1.75. The molecule has 0 unspecified atom stereocenters. The van der Waals surface area contributed by atoms with E-state index in [1.54, 1.807) is 32.9 Å². The van der Waals surface area contributed by atoms with Crippen molar-refractivity contribution in [2.75, 3.05) is 26.4 Å². The Labute approximate surface area is 175 Å². The molecule has 0 radical (unpaired) electrons. The molecule has 0 bridgehead atoms. The largest absolute Gasteiger partial charge is 0.490 e. The fraction of sp³-hybridized carbons (Fsp3) is 0.409. The van der Waals surface area contributed by atoms with Gasteiger partial charge in [-0.2, -0.15) is 0 Å². The van der Waals surface area contributed by atoms with E-state index in [0.29, 0.717) is 41.5 Å². The second-order valence-corrected chi connectivity index (χ2v) is 6.37. The van der Waals surface area contributed by atoms with Crippen molar-refractivity contribution in [1.29, 1.82) is 0 Å². The van der Waals surface area contributed by atoms with Crippen LogP contribution >= 0.6 is 0 Å². The zero-order valence-electron chi connectivity index (χ0n) is 17.9. The second kappa shape index (κ2) is 10.5. The molecule has 0 saturated heterocycles. The standard InChI is InChI=1S/C22H27NO7/c1-6-27-17-10-9-15(11-18(17)28-7-2)21(25)30-12-16(24)19-13(4)20(23-14(19)5)22(26)29-8-3/h9-11,23H,6-8,12H2,1-5H3. The highest BCUT2D eigenvalue weighted by Gasteiger charge is 2.24. The number of aryl methyl sites for hydroxylation is 1. The molecule has 2 aromatic rings. The van der Waals surface area contributed by atoms with Crippen LogP contribution in [-0.4, -0.2) is 49.1 Å². The number of aromatic amines is 1. The summed E-state index contributed by atoms with van der Waals surface area (Å²) in [6.45, 7) is 9.32. The van der Waals surface area contributed by atoms with Crippen LogP contribution in [0.15, 0.2) is 18.2 Å². The maximum absolute atomic E-state index is 12.6. The summed E-state index contributed by atoms with van der Waals surface area (Å²) in [7, 11) is 0. The number of hydrogen-bond donors (Lipinski definition) is 1. The number of benzene rings is 1. The van der Waals surface area contributed by atoms with Gasteiger partial charge in [0.1, 0.15) is 5.69 Å². The van der Waals surface area contributed by atoms with E-state index in [2.05, 4.69) is 4.98 Å². The summed E-state index contributed by atoms with van der Waals surface area (Å²) < 4.78 is 21.1. The summed E-state index contributed by atoms with van der Waals surface area (Å²) >= 11 is 0. The summed E-state index contributed by atoms with van der Waals surface area (Å²) in [5, 5.41) is 0. The van der Waals surface area contributed by atoms with Gasteiger partial charge in [-0.1, -0.05) is 0 Å². The minimum Gasteiger partial charge on any atom is -0.490 e. The van der Waals surface area contributed by atoms with Crippen LogP contribution in [0.3, 0.4) is 0 Å². The van der Waals surface area contributed by atoms with E-state index in [0.717, 1.165) is 0 Å². The number of rotatable bonds is 10. The minimum atomic E-state index is -0.663. The number of nitrogens with one attached hydrogen (secondary N) is 1. The van der Waals surface area contributed by atoms with E-state index in [1.165, 1.54) is 6.07 Å². The van der Waals surface area contributed by atoms with E-state index in [-0.39, 0.29) is 17.9 Å². The Bertz CT molecular complexity index is 930. The average molecular weight is 417 g/mol. The van der Waals surface area contributed by atoms with Gasteiger partial charge in [0, 0.05) is 11.3 Å². The predicted octanol–water partition coefficient (Wildman–Crippen LogP) is 3.65. The first-order valence-corrected chi connectivity index (χ1v) is 9.80. The van der Waals surface area contributed by atoms with Crippen LogP contribution in [0.1, 0.15) is 63.2 Å². The zero-order chi connectivity index (χ0) is 22.3. The van der Waals surface area contributed by atoms with Crippen molar-refractivity contribution in [2.24, 2.45) is 0 Å². The molecule has 30 heavy (non-hydrogen) atoms. The van der Waals surface area contributed by atoms with E-state index in [1.807, 2.05) is 13.8 Å². The Hall–Kier alpha value is -3.29. The summed E-state index contributed by atoms with van der Waals surface area (Å²) in [6.07, 6.45) is 0. The molecule has 2 rings (SSSR count). The number of carbonyl (C=O) groups is 3. The number of hydrogen-bond acceptors (Lipinski definition) is 7. The topological polar surface area (TPSA) is 104 Å². The van der Waals surface area contributed by atoms with Crippen LogP contribution in [0, 0.1) is 13.8 Å². The molecule has 0 atom stereocenters. The Morgan fingerprint density at radius 1 is 0.867 bits per heavy atom. The van der Waals surface area contributed by atoms with Crippen molar-refractivity contribution in [3.63, 3.8) is 0 Å². The maximum Gasteiger partial charge on any atom is 0.355 e. The highest BCUT2D eigenvalue weighted by molar-refractivity contribution is 6.04. The molecule has 0 saturated carbocycles. The highest BCUT2D eigenvalue weighted by atomic mass is 16.5. The summed E-state index contributed by atoms with van der Waals surface area (Å²) in [5.74, 6) is -0.662. The summed E-state index contributed by atoms with van der Waals surface area (Å²) in [6, 6.07) is 4.69. The molecule has 0 spiro atoms. The Kier molecular flexibility index (Phi) is 8.03. The van der Waals surface area contributed by atoms with Crippen LogP contribution < -0.4 is 9.47 Å². The van der Waals surface area contributed by atoms with Gasteiger partial charge in [0.15, 0.2) is 18.1 Å². The molecule has 1 aromatic carbocycles. The molecule has 0 aliphatic heterocycles. The first-order chi connectivity index (χ1) is 14.3. The van der Waals surface area contributed by atoms with Gasteiger partial charge in [-0.25, -0.2) is 9.59 Å². The lowest BCUT2D eigenvalue weighted by Crippen LogP contribution is -2.16. The molecule has 162 valence electrons. The number of Topliss-reactive ketones (excluding diaryl/α,β-unsaturated/α-hetero) is 1. The molecule has 0 fully saturated rings. The molecular formula is C22H27NO7. The van der Waals surface area contributed by atoms with Crippen LogP contribution in [0.4, 0.5) is 0 Å². The smallest absolute Gasteiger partial charge is 0.355 e. The second-order valence-electron chi connectivity index (χ2n) is 6.37. The lowest BCUT2D eigenvalue weighted by atomic mass is 10.1. The maximum atomic E-state index is 12.6. The van der Waals surface area contributed by atoms with Crippen LogP contribution in [0.2, 0.25) is 0 Å². The van der Waals surface area contributed by atoms with Gasteiger partial charge in [-0.05, 0) is 58.4 Å². The van der Waals surface area contributed by atoms with Crippen molar-refractivity contribution in [2.45, 2.75) is 34.6 Å². The average Bonchev–Trinajstić information content (AvgIpc) is 3.02. The van der Waals surface area contributed by atoms with E-state index < -0.39 is 24.3 Å². The lowest BCUT2D eigenvalue weighted by molar-refractivity contribution is 0.0472. The van der Waals surface area contributed by atoms with Gasteiger partial charge in [0.2, 0.25) is 5.78 Å². The number of ether oxygens (including phenoxy) is 4. The molecule has 1 N–H and O–H groups in total. The van der Waals surface area contributed by atoms with Crippen LogP contribution in [0.5, 0.6) is 11.5 Å². The third-order valence-corrected chi connectivity index (χ3v) is 4.31. The minimum absolute atomic E-state index is 0.219. The monoisotopic (exact) mass is 417 g/mol. The fourth-order valence-electron chi connectivity index (χ4n) is 3.04. The Morgan fingerprint density at radius 2 is 1.53 bits per heavy atom. The van der Waals surface area contributed by atoms with Crippen LogP contribution in [-0.2, 0) is 9.47 Å². The van der Waals surface area contributed by atoms with Crippen molar-refractivity contribution in [3.05, 3.63) is 46.3 Å². The lowest BCUT2D eigenvalue weighted by Gasteiger charge is -2.12. The van der Waals surface area contributed by atoms with Gasteiger partial charge in [-0.3, -0.25) is 4.79 Å². The van der Waals surface area contributed by atoms with Gasteiger partial charge >= 0.3 is 11.9 Å². The number of esters is 2. The van der Waals surface area contributed by atoms with Crippen molar-refractivity contribution < 1.29 is 33.3 Å². The van der Waals surface area contributed by atoms with Crippen LogP contribution in [0.25, 0.3) is 0 Å². The van der Waals surface area contributed by atoms with E-state index in [4.69, 9.17) is 18.9 Å². The number of H-pyrrole nitrogens is 1. The van der Waals surface area contributed by atoms with E-state index >= 15 is 0 Å². The fourth-order valence-corrected chi connectivity index (χ4v) is 3.04. The van der Waals surface area contributed by atoms with Gasteiger partial charge in [-0.15, -0.1) is 0 Å².